The average molecular weight is 431 g/mol. The molecular formula is C22H22FNO5S. The molecule has 0 aliphatic rings. The zero-order chi connectivity index (χ0) is 21.7. The van der Waals surface area contributed by atoms with E-state index in [0.717, 1.165) is 4.31 Å². The summed E-state index contributed by atoms with van der Waals surface area (Å²) < 4.78 is 58.3. The molecule has 0 fully saturated rings. The minimum atomic E-state index is -4.06. The Morgan fingerprint density at radius 1 is 0.833 bits per heavy atom. The first kappa shape index (κ1) is 21.4. The molecule has 0 N–H and O–H groups in total. The Hall–Kier alpha value is -3.26. The van der Waals surface area contributed by atoms with Crippen LogP contribution in [0, 0.1) is 5.82 Å². The standard InChI is InChI=1S/C22H22FNO5S/c1-27-17-8-11-19(12-9-17)30(25,26)24(15-16-6-4-5-7-20(16)23)21-13-10-18(28-2)14-22(21)29-3/h4-14H,15H2,1-3H3. The van der Waals surface area contributed by atoms with Crippen LogP contribution < -0.4 is 18.5 Å². The SMILES string of the molecule is COc1ccc(S(=O)(=O)N(Cc2ccccc2F)c2ccc(OC)cc2OC)cc1. The minimum Gasteiger partial charge on any atom is -0.497 e. The normalized spacial score (nSPS) is 11.1. The van der Waals surface area contributed by atoms with Gasteiger partial charge in [0.25, 0.3) is 10.0 Å². The van der Waals surface area contributed by atoms with Gasteiger partial charge in [0, 0.05) is 11.6 Å². The van der Waals surface area contributed by atoms with Crippen molar-refractivity contribution in [3.8, 4) is 17.2 Å². The molecule has 0 radical (unpaired) electrons. The van der Waals surface area contributed by atoms with Gasteiger partial charge in [0.05, 0.1) is 38.5 Å². The highest BCUT2D eigenvalue weighted by Crippen LogP contribution is 2.37. The summed E-state index contributed by atoms with van der Waals surface area (Å²) in [6.07, 6.45) is 0. The van der Waals surface area contributed by atoms with Crippen molar-refractivity contribution in [1.29, 1.82) is 0 Å². The number of hydrogen-bond donors (Lipinski definition) is 0. The lowest BCUT2D eigenvalue weighted by atomic mass is 10.2. The van der Waals surface area contributed by atoms with E-state index in [0.29, 0.717) is 11.5 Å². The predicted octanol–water partition coefficient (Wildman–Crippen LogP) is 4.25. The van der Waals surface area contributed by atoms with Gasteiger partial charge in [-0.25, -0.2) is 12.8 Å². The predicted molar refractivity (Wildman–Crippen MR) is 112 cm³/mol. The van der Waals surface area contributed by atoms with Crippen LogP contribution in [0.15, 0.2) is 71.6 Å². The molecule has 0 atom stereocenters. The highest BCUT2D eigenvalue weighted by atomic mass is 32.2. The summed E-state index contributed by atoms with van der Waals surface area (Å²) in [6.45, 7) is -0.219. The molecule has 0 aliphatic heterocycles. The molecule has 0 saturated carbocycles. The van der Waals surface area contributed by atoms with Gasteiger partial charge in [0.1, 0.15) is 23.1 Å². The first-order valence-corrected chi connectivity index (χ1v) is 10.5. The Morgan fingerprint density at radius 2 is 1.47 bits per heavy atom. The quantitative estimate of drug-likeness (QED) is 0.534. The van der Waals surface area contributed by atoms with E-state index < -0.39 is 15.8 Å². The van der Waals surface area contributed by atoms with Crippen LogP contribution >= 0.6 is 0 Å². The van der Waals surface area contributed by atoms with Crippen molar-refractivity contribution < 1.29 is 27.0 Å². The lowest BCUT2D eigenvalue weighted by Gasteiger charge is -2.26. The number of methoxy groups -OCH3 is 3. The molecule has 158 valence electrons. The molecule has 0 aromatic heterocycles. The van der Waals surface area contributed by atoms with E-state index in [1.54, 1.807) is 48.5 Å². The molecular weight excluding hydrogens is 409 g/mol. The first-order chi connectivity index (χ1) is 14.4. The zero-order valence-electron chi connectivity index (χ0n) is 16.8. The van der Waals surface area contributed by atoms with Crippen molar-refractivity contribution in [3.05, 3.63) is 78.1 Å². The summed E-state index contributed by atoms with van der Waals surface area (Å²) in [5, 5.41) is 0. The van der Waals surface area contributed by atoms with Gasteiger partial charge in [-0.1, -0.05) is 18.2 Å². The number of benzene rings is 3. The van der Waals surface area contributed by atoms with E-state index in [1.165, 1.54) is 39.5 Å². The van der Waals surface area contributed by atoms with Gasteiger partial charge < -0.3 is 14.2 Å². The van der Waals surface area contributed by atoms with Crippen LogP contribution in [0.3, 0.4) is 0 Å². The number of halogens is 1. The summed E-state index contributed by atoms with van der Waals surface area (Å²) in [5.41, 5.74) is 0.491. The topological polar surface area (TPSA) is 65.1 Å². The molecule has 0 saturated heterocycles. The van der Waals surface area contributed by atoms with E-state index in [-0.39, 0.29) is 28.4 Å². The molecule has 8 heteroatoms. The minimum absolute atomic E-state index is 0.0394. The largest absolute Gasteiger partial charge is 0.497 e. The fourth-order valence-corrected chi connectivity index (χ4v) is 4.40. The first-order valence-electron chi connectivity index (χ1n) is 9.03. The van der Waals surface area contributed by atoms with Crippen molar-refractivity contribution >= 4 is 15.7 Å². The molecule has 0 amide bonds. The van der Waals surface area contributed by atoms with Crippen molar-refractivity contribution in [2.24, 2.45) is 0 Å². The Labute approximate surface area is 175 Å². The van der Waals surface area contributed by atoms with E-state index in [1.807, 2.05) is 0 Å². The van der Waals surface area contributed by atoms with Crippen molar-refractivity contribution in [2.75, 3.05) is 25.6 Å². The van der Waals surface area contributed by atoms with Crippen molar-refractivity contribution in [3.63, 3.8) is 0 Å². The molecule has 6 nitrogen and oxygen atoms in total. The lowest BCUT2D eigenvalue weighted by molar-refractivity contribution is 0.394. The second kappa shape index (κ2) is 9.04. The summed E-state index contributed by atoms with van der Waals surface area (Å²) >= 11 is 0. The molecule has 3 aromatic carbocycles. The van der Waals surface area contributed by atoms with Crippen molar-refractivity contribution in [2.45, 2.75) is 11.4 Å². The van der Waals surface area contributed by atoms with Gasteiger partial charge in [-0.15, -0.1) is 0 Å². The second-order valence-electron chi connectivity index (χ2n) is 6.32. The number of nitrogens with zero attached hydrogens (tertiary/aromatic N) is 1. The summed E-state index contributed by atoms with van der Waals surface area (Å²) in [4.78, 5) is 0.0394. The van der Waals surface area contributed by atoms with Gasteiger partial charge in [-0.05, 0) is 42.5 Å². The Kier molecular flexibility index (Phi) is 6.47. The fraction of sp³-hybridized carbons (Fsp3) is 0.182. The van der Waals surface area contributed by atoms with Gasteiger partial charge >= 0.3 is 0 Å². The molecule has 30 heavy (non-hydrogen) atoms. The molecule has 0 heterocycles. The second-order valence-corrected chi connectivity index (χ2v) is 8.18. The number of anilines is 1. The number of ether oxygens (including phenoxy) is 3. The maximum Gasteiger partial charge on any atom is 0.264 e. The van der Waals surface area contributed by atoms with Crippen LogP contribution in [0.2, 0.25) is 0 Å². The van der Waals surface area contributed by atoms with Crippen LogP contribution in [0.5, 0.6) is 17.2 Å². The van der Waals surface area contributed by atoms with Crippen LogP contribution in [-0.2, 0) is 16.6 Å². The Morgan fingerprint density at radius 3 is 2.07 bits per heavy atom. The van der Waals surface area contributed by atoms with Gasteiger partial charge in [-0.3, -0.25) is 4.31 Å². The maximum absolute atomic E-state index is 14.4. The van der Waals surface area contributed by atoms with E-state index >= 15 is 0 Å². The molecule has 3 aromatic rings. The summed E-state index contributed by atoms with van der Waals surface area (Å²) in [5.74, 6) is 0.808. The zero-order valence-corrected chi connectivity index (χ0v) is 17.6. The fourth-order valence-electron chi connectivity index (χ4n) is 2.95. The highest BCUT2D eigenvalue weighted by molar-refractivity contribution is 7.92. The third kappa shape index (κ3) is 4.33. The van der Waals surface area contributed by atoms with Crippen LogP contribution in [0.1, 0.15) is 5.56 Å². The van der Waals surface area contributed by atoms with E-state index in [9.17, 15) is 12.8 Å². The number of hydrogen-bond acceptors (Lipinski definition) is 5. The molecule has 3 rings (SSSR count). The smallest absolute Gasteiger partial charge is 0.264 e. The molecule has 0 unspecified atom stereocenters. The summed E-state index contributed by atoms with van der Waals surface area (Å²) in [6, 6.07) is 16.8. The van der Waals surface area contributed by atoms with Crippen LogP contribution in [-0.4, -0.2) is 29.7 Å². The van der Waals surface area contributed by atoms with Crippen LogP contribution in [0.25, 0.3) is 0 Å². The van der Waals surface area contributed by atoms with Gasteiger partial charge in [0.2, 0.25) is 0 Å². The van der Waals surface area contributed by atoms with Crippen LogP contribution in [0.4, 0.5) is 10.1 Å². The Balaban J connectivity index is 2.15. The third-order valence-electron chi connectivity index (χ3n) is 4.57. The monoisotopic (exact) mass is 431 g/mol. The van der Waals surface area contributed by atoms with Gasteiger partial charge in [0.15, 0.2) is 0 Å². The number of rotatable bonds is 8. The van der Waals surface area contributed by atoms with E-state index in [2.05, 4.69) is 0 Å². The number of sulfonamides is 1. The van der Waals surface area contributed by atoms with Crippen molar-refractivity contribution in [1.82, 2.24) is 0 Å². The maximum atomic E-state index is 14.4. The third-order valence-corrected chi connectivity index (χ3v) is 6.35. The summed E-state index contributed by atoms with van der Waals surface area (Å²) in [7, 11) is 0.370. The Bertz CT molecular complexity index is 1120. The van der Waals surface area contributed by atoms with Gasteiger partial charge in [-0.2, -0.15) is 0 Å². The molecule has 0 spiro atoms. The average Bonchev–Trinajstić information content (AvgIpc) is 2.78. The highest BCUT2D eigenvalue weighted by Gasteiger charge is 2.28. The molecule has 0 aliphatic carbocycles. The van der Waals surface area contributed by atoms with E-state index in [4.69, 9.17) is 14.2 Å². The molecule has 0 bridgehead atoms. The lowest BCUT2D eigenvalue weighted by Crippen LogP contribution is -2.31.